The third-order valence-corrected chi connectivity index (χ3v) is 4.02. The molecule has 1 saturated heterocycles. The highest BCUT2D eigenvalue weighted by molar-refractivity contribution is 5.84. The Morgan fingerprint density at radius 2 is 1.89 bits per heavy atom. The summed E-state index contributed by atoms with van der Waals surface area (Å²) in [6.45, 7) is 7.28. The average Bonchev–Trinajstić information content (AvgIpc) is 2.35. The zero-order valence-electron chi connectivity index (χ0n) is 11.5. The zero-order chi connectivity index (χ0) is 13.3. The molecule has 1 aromatic carbocycles. The zero-order valence-corrected chi connectivity index (χ0v) is 11.5. The van der Waals surface area contributed by atoms with Crippen molar-refractivity contribution in [1.29, 1.82) is 0 Å². The predicted octanol–water partition coefficient (Wildman–Crippen LogP) is 2.46. The van der Waals surface area contributed by atoms with Crippen molar-refractivity contribution in [2.45, 2.75) is 46.1 Å². The highest BCUT2D eigenvalue weighted by Crippen LogP contribution is 2.32. The summed E-state index contributed by atoms with van der Waals surface area (Å²) in [4.78, 5) is 13.8. The number of amides is 1. The van der Waals surface area contributed by atoms with Crippen molar-refractivity contribution in [1.82, 2.24) is 0 Å². The van der Waals surface area contributed by atoms with E-state index in [4.69, 9.17) is 5.73 Å². The molecule has 1 atom stereocenters. The molecule has 1 fully saturated rings. The molecule has 0 unspecified atom stereocenters. The average molecular weight is 246 g/mol. The van der Waals surface area contributed by atoms with Gasteiger partial charge in [0.1, 0.15) is 6.04 Å². The summed E-state index contributed by atoms with van der Waals surface area (Å²) >= 11 is 0. The Kier molecular flexibility index (Phi) is 3.60. The van der Waals surface area contributed by atoms with Gasteiger partial charge >= 0.3 is 0 Å². The second-order valence-corrected chi connectivity index (χ2v) is 5.28. The van der Waals surface area contributed by atoms with Crippen LogP contribution in [0.5, 0.6) is 0 Å². The molecule has 1 aliphatic heterocycles. The van der Waals surface area contributed by atoms with E-state index in [9.17, 15) is 4.79 Å². The lowest BCUT2D eigenvalue weighted by molar-refractivity contribution is -0.119. The Hall–Kier alpha value is -1.51. The maximum Gasteiger partial charge on any atom is 0.240 e. The van der Waals surface area contributed by atoms with Crippen LogP contribution in [0.3, 0.4) is 0 Å². The molecule has 3 nitrogen and oxygen atoms in total. The molecule has 3 heteroatoms. The fourth-order valence-corrected chi connectivity index (χ4v) is 2.87. The Morgan fingerprint density at radius 1 is 1.22 bits per heavy atom. The van der Waals surface area contributed by atoms with E-state index in [1.165, 1.54) is 22.4 Å². The van der Waals surface area contributed by atoms with Crippen LogP contribution >= 0.6 is 0 Å². The number of carbonyl (C=O) groups is 1. The van der Waals surface area contributed by atoms with Crippen LogP contribution in [0.2, 0.25) is 0 Å². The lowest BCUT2D eigenvalue weighted by Gasteiger charge is -2.37. The minimum atomic E-state index is -0.199. The van der Waals surface area contributed by atoms with Gasteiger partial charge in [-0.25, -0.2) is 0 Å². The number of piperidine rings is 1. The molecule has 2 rings (SSSR count). The first-order valence-electron chi connectivity index (χ1n) is 6.65. The van der Waals surface area contributed by atoms with Gasteiger partial charge in [-0.2, -0.15) is 0 Å². The van der Waals surface area contributed by atoms with Gasteiger partial charge in [-0.3, -0.25) is 4.79 Å². The number of carbonyl (C=O) groups excluding carboxylic acids is 1. The molecule has 1 aliphatic rings. The van der Waals surface area contributed by atoms with Crippen molar-refractivity contribution < 1.29 is 4.79 Å². The number of nitrogens with zero attached hydrogens (tertiary/aromatic N) is 1. The fraction of sp³-hybridized carbons (Fsp3) is 0.533. The van der Waals surface area contributed by atoms with Crippen LogP contribution in [0.15, 0.2) is 12.1 Å². The van der Waals surface area contributed by atoms with E-state index >= 15 is 0 Å². The van der Waals surface area contributed by atoms with Gasteiger partial charge in [0.15, 0.2) is 0 Å². The Bertz CT molecular complexity index is 468. The van der Waals surface area contributed by atoms with Gasteiger partial charge in [0.05, 0.1) is 0 Å². The number of benzene rings is 1. The maximum absolute atomic E-state index is 11.6. The van der Waals surface area contributed by atoms with Gasteiger partial charge in [0, 0.05) is 12.2 Å². The molecule has 0 bridgehead atoms. The monoisotopic (exact) mass is 246 g/mol. The predicted molar refractivity (Wildman–Crippen MR) is 74.8 cm³/mol. The van der Waals surface area contributed by atoms with Gasteiger partial charge in [0.2, 0.25) is 5.91 Å². The van der Waals surface area contributed by atoms with Crippen LogP contribution in [-0.4, -0.2) is 18.5 Å². The summed E-state index contributed by atoms with van der Waals surface area (Å²) in [6.07, 6.45) is 3.10. The smallest absolute Gasteiger partial charge is 0.240 e. The molecule has 2 N–H and O–H groups in total. The van der Waals surface area contributed by atoms with Gasteiger partial charge in [0.25, 0.3) is 0 Å². The van der Waals surface area contributed by atoms with Crippen LogP contribution in [0.25, 0.3) is 0 Å². The van der Waals surface area contributed by atoms with Gasteiger partial charge in [-0.15, -0.1) is 0 Å². The minimum absolute atomic E-state index is 0.141. The molecule has 0 aliphatic carbocycles. The van der Waals surface area contributed by atoms with Gasteiger partial charge in [-0.05, 0) is 56.7 Å². The fourth-order valence-electron chi connectivity index (χ4n) is 2.87. The summed E-state index contributed by atoms with van der Waals surface area (Å²) in [5, 5.41) is 0. The number of anilines is 1. The summed E-state index contributed by atoms with van der Waals surface area (Å²) < 4.78 is 0. The van der Waals surface area contributed by atoms with E-state index in [2.05, 4.69) is 37.8 Å². The quantitative estimate of drug-likeness (QED) is 0.871. The molecular weight excluding hydrogens is 224 g/mol. The first kappa shape index (κ1) is 12.9. The van der Waals surface area contributed by atoms with Crippen molar-refractivity contribution in [3.05, 3.63) is 28.8 Å². The van der Waals surface area contributed by atoms with Gasteiger partial charge < -0.3 is 10.6 Å². The van der Waals surface area contributed by atoms with E-state index in [1.54, 1.807) is 0 Å². The van der Waals surface area contributed by atoms with Crippen LogP contribution in [0.4, 0.5) is 5.69 Å². The van der Waals surface area contributed by atoms with E-state index in [1.807, 2.05) is 0 Å². The summed E-state index contributed by atoms with van der Waals surface area (Å²) in [5.41, 5.74) is 10.5. The highest BCUT2D eigenvalue weighted by Gasteiger charge is 2.29. The van der Waals surface area contributed by atoms with Crippen molar-refractivity contribution >= 4 is 11.6 Å². The molecule has 0 aromatic heterocycles. The Labute approximate surface area is 109 Å². The van der Waals surface area contributed by atoms with Crippen molar-refractivity contribution in [3.63, 3.8) is 0 Å². The van der Waals surface area contributed by atoms with Crippen LogP contribution in [0.1, 0.15) is 36.0 Å². The Balaban J connectivity index is 2.46. The van der Waals surface area contributed by atoms with E-state index < -0.39 is 0 Å². The third-order valence-electron chi connectivity index (χ3n) is 4.02. The lowest BCUT2D eigenvalue weighted by atomic mass is 9.96. The second-order valence-electron chi connectivity index (χ2n) is 5.28. The Morgan fingerprint density at radius 3 is 2.56 bits per heavy atom. The molecule has 0 spiro atoms. The van der Waals surface area contributed by atoms with E-state index in [-0.39, 0.29) is 11.9 Å². The third kappa shape index (κ3) is 2.22. The molecule has 98 valence electrons. The number of aryl methyl sites for hydroxylation is 2. The topological polar surface area (TPSA) is 46.3 Å². The standard InChI is InChI=1S/C15H22N2O/c1-10-7-8-11(2)14(12(10)3)17-9-5-4-6-13(17)15(16)18/h7-8,13H,4-6,9H2,1-3H3,(H2,16,18)/t13-/m0/s1. The second kappa shape index (κ2) is 5.01. The van der Waals surface area contributed by atoms with Crippen molar-refractivity contribution in [2.24, 2.45) is 5.73 Å². The normalized spacial score (nSPS) is 19.9. The molecule has 1 amide bonds. The molecular formula is C15H22N2O. The molecule has 1 aromatic rings. The maximum atomic E-state index is 11.6. The first-order valence-corrected chi connectivity index (χ1v) is 6.65. The van der Waals surface area contributed by atoms with Crippen molar-refractivity contribution in [2.75, 3.05) is 11.4 Å². The number of primary amides is 1. The molecule has 1 heterocycles. The van der Waals surface area contributed by atoms with E-state index in [0.717, 1.165) is 25.8 Å². The molecule has 0 saturated carbocycles. The number of rotatable bonds is 2. The summed E-state index contributed by atoms with van der Waals surface area (Å²) in [6, 6.07) is 4.12. The van der Waals surface area contributed by atoms with Crippen LogP contribution in [0, 0.1) is 20.8 Å². The molecule has 0 radical (unpaired) electrons. The largest absolute Gasteiger partial charge is 0.368 e. The SMILES string of the molecule is Cc1ccc(C)c(N2CCCC[C@H]2C(N)=O)c1C. The lowest BCUT2D eigenvalue weighted by Crippen LogP contribution is -2.48. The van der Waals surface area contributed by atoms with Crippen molar-refractivity contribution in [3.8, 4) is 0 Å². The highest BCUT2D eigenvalue weighted by atomic mass is 16.1. The number of hydrogen-bond donors (Lipinski definition) is 1. The summed E-state index contributed by atoms with van der Waals surface area (Å²) in [5.74, 6) is -0.199. The van der Waals surface area contributed by atoms with E-state index in [0.29, 0.717) is 0 Å². The van der Waals surface area contributed by atoms with Gasteiger partial charge in [-0.1, -0.05) is 12.1 Å². The first-order chi connectivity index (χ1) is 8.52. The van der Waals surface area contributed by atoms with Crippen LogP contribution in [-0.2, 0) is 4.79 Å². The number of nitrogens with two attached hydrogens (primary N) is 1. The van der Waals surface area contributed by atoms with Crippen LogP contribution < -0.4 is 10.6 Å². The minimum Gasteiger partial charge on any atom is -0.368 e. The summed E-state index contributed by atoms with van der Waals surface area (Å²) in [7, 11) is 0. The number of hydrogen-bond acceptors (Lipinski definition) is 2. The molecule has 18 heavy (non-hydrogen) atoms.